The van der Waals surface area contributed by atoms with Crippen LogP contribution in [0.5, 0.6) is 5.75 Å². The quantitative estimate of drug-likeness (QED) is 0.476. The fourth-order valence-electron chi connectivity index (χ4n) is 1.05. The van der Waals surface area contributed by atoms with E-state index in [4.69, 9.17) is 10.1 Å². The highest BCUT2D eigenvalue weighted by atomic mass is 16.7. The molecule has 0 spiro atoms. The molecule has 1 N–H and O–H groups in total. The normalized spacial score (nSPS) is 8.94. The van der Waals surface area contributed by atoms with Crippen LogP contribution >= 0.6 is 0 Å². The van der Waals surface area contributed by atoms with Gasteiger partial charge in [-0.1, -0.05) is 12.6 Å². The van der Waals surface area contributed by atoms with Gasteiger partial charge < -0.3 is 4.84 Å². The Morgan fingerprint density at radius 3 is 2.82 bits per heavy atom. The van der Waals surface area contributed by atoms with Gasteiger partial charge >= 0.3 is 5.91 Å². The molecular weight excluding hydrogens is 220 g/mol. The number of hydrogen-bond donors (Lipinski definition) is 1. The average molecular weight is 230 g/mol. The largest absolute Gasteiger partial charge is 0.378 e. The van der Waals surface area contributed by atoms with Gasteiger partial charge in [-0.3, -0.25) is 9.59 Å². The molecule has 0 saturated carbocycles. The van der Waals surface area contributed by atoms with E-state index in [-0.39, 0.29) is 11.3 Å². The van der Waals surface area contributed by atoms with E-state index in [1.165, 1.54) is 0 Å². The number of amides is 1. The van der Waals surface area contributed by atoms with Crippen molar-refractivity contribution in [3.63, 3.8) is 0 Å². The molecule has 86 valence electrons. The highest BCUT2D eigenvalue weighted by molar-refractivity contribution is 6.40. The van der Waals surface area contributed by atoms with Crippen LogP contribution in [-0.4, -0.2) is 11.7 Å². The molecule has 0 aliphatic heterocycles. The number of hydroxylamine groups is 1. The van der Waals surface area contributed by atoms with E-state index in [0.29, 0.717) is 0 Å². The van der Waals surface area contributed by atoms with Crippen LogP contribution < -0.4 is 10.3 Å². The van der Waals surface area contributed by atoms with Gasteiger partial charge in [0.25, 0.3) is 0 Å². The third-order valence-electron chi connectivity index (χ3n) is 1.92. The van der Waals surface area contributed by atoms with Gasteiger partial charge in [-0.2, -0.15) is 10.7 Å². The lowest BCUT2D eigenvalue weighted by atomic mass is 10.1. The smallest absolute Gasteiger partial charge is 0.324 e. The van der Waals surface area contributed by atoms with Gasteiger partial charge in [-0.25, -0.2) is 0 Å². The third kappa shape index (κ3) is 3.18. The fraction of sp³-hybridized carbons (Fsp3) is 0.0833. The standard InChI is InChI=1S/C12H10N2O3/c1-3-10(15)12(16)14-17-11-6-8(2)4-5-9(11)7-13/h3-6H,1H2,2H3,(H,14,16). The molecule has 0 aromatic heterocycles. The minimum absolute atomic E-state index is 0.192. The van der Waals surface area contributed by atoms with Crippen molar-refractivity contribution in [1.82, 2.24) is 5.48 Å². The highest BCUT2D eigenvalue weighted by Crippen LogP contribution is 2.18. The first-order valence-electron chi connectivity index (χ1n) is 4.73. The second-order valence-corrected chi connectivity index (χ2v) is 3.21. The summed E-state index contributed by atoms with van der Waals surface area (Å²) in [6.45, 7) is 4.98. The highest BCUT2D eigenvalue weighted by Gasteiger charge is 2.11. The lowest BCUT2D eigenvalue weighted by Crippen LogP contribution is -2.32. The van der Waals surface area contributed by atoms with Gasteiger partial charge in [-0.05, 0) is 30.7 Å². The first-order chi connectivity index (χ1) is 8.08. The summed E-state index contributed by atoms with van der Waals surface area (Å²) in [4.78, 5) is 26.9. The maximum Gasteiger partial charge on any atom is 0.324 e. The van der Waals surface area contributed by atoms with E-state index in [0.717, 1.165) is 11.6 Å². The summed E-state index contributed by atoms with van der Waals surface area (Å²) in [5, 5.41) is 8.80. The summed E-state index contributed by atoms with van der Waals surface area (Å²) in [7, 11) is 0. The van der Waals surface area contributed by atoms with Crippen molar-refractivity contribution in [3.8, 4) is 11.8 Å². The van der Waals surface area contributed by atoms with Crippen LogP contribution in [0.25, 0.3) is 0 Å². The molecule has 0 heterocycles. The molecule has 5 nitrogen and oxygen atoms in total. The van der Waals surface area contributed by atoms with Crippen LogP contribution in [0.15, 0.2) is 30.9 Å². The zero-order valence-corrected chi connectivity index (χ0v) is 9.19. The second-order valence-electron chi connectivity index (χ2n) is 3.21. The molecule has 0 radical (unpaired) electrons. The maximum absolute atomic E-state index is 11.1. The predicted octanol–water partition coefficient (Wildman–Crippen LogP) is 1.03. The average Bonchev–Trinajstić information content (AvgIpc) is 2.35. The third-order valence-corrected chi connectivity index (χ3v) is 1.92. The Kier molecular flexibility index (Phi) is 4.01. The minimum Gasteiger partial charge on any atom is -0.378 e. The molecule has 1 amide bonds. The molecule has 0 fully saturated rings. The number of rotatable bonds is 4. The van der Waals surface area contributed by atoms with Crippen molar-refractivity contribution >= 4 is 11.7 Å². The molecule has 0 saturated heterocycles. The molecule has 0 bridgehead atoms. The molecule has 5 heteroatoms. The first kappa shape index (κ1) is 12.5. The summed E-state index contributed by atoms with van der Waals surface area (Å²) in [5.41, 5.74) is 3.07. The van der Waals surface area contributed by atoms with E-state index in [1.807, 2.05) is 18.5 Å². The molecule has 1 aromatic carbocycles. The Hall–Kier alpha value is -2.61. The van der Waals surface area contributed by atoms with Crippen molar-refractivity contribution < 1.29 is 14.4 Å². The number of ketones is 1. The Labute approximate surface area is 98.3 Å². The van der Waals surface area contributed by atoms with Crippen LogP contribution in [0, 0.1) is 18.3 Å². The number of benzene rings is 1. The van der Waals surface area contributed by atoms with Gasteiger partial charge in [0.15, 0.2) is 5.75 Å². The number of nitriles is 1. The van der Waals surface area contributed by atoms with Crippen molar-refractivity contribution in [2.75, 3.05) is 0 Å². The van der Waals surface area contributed by atoms with Crippen LogP contribution in [0.2, 0.25) is 0 Å². The number of nitrogens with zero attached hydrogens (tertiary/aromatic N) is 1. The lowest BCUT2D eigenvalue weighted by Gasteiger charge is -2.07. The Morgan fingerprint density at radius 1 is 1.53 bits per heavy atom. The van der Waals surface area contributed by atoms with E-state index in [2.05, 4.69) is 6.58 Å². The minimum atomic E-state index is -0.939. The van der Waals surface area contributed by atoms with Crippen LogP contribution in [0.4, 0.5) is 0 Å². The summed E-state index contributed by atoms with van der Waals surface area (Å²) < 4.78 is 0. The van der Waals surface area contributed by atoms with E-state index < -0.39 is 11.7 Å². The number of carbonyl (C=O) groups excluding carboxylic acids is 2. The Morgan fingerprint density at radius 2 is 2.24 bits per heavy atom. The van der Waals surface area contributed by atoms with Crippen molar-refractivity contribution in [2.24, 2.45) is 0 Å². The molecule has 1 rings (SSSR count). The van der Waals surface area contributed by atoms with Gasteiger partial charge in [0, 0.05) is 0 Å². The van der Waals surface area contributed by atoms with Crippen molar-refractivity contribution in [3.05, 3.63) is 42.0 Å². The SMILES string of the molecule is C=CC(=O)C(=O)NOc1cc(C)ccc1C#N. The maximum atomic E-state index is 11.1. The molecule has 0 aliphatic carbocycles. The molecule has 0 aliphatic rings. The molecular formula is C12H10N2O3. The van der Waals surface area contributed by atoms with Gasteiger partial charge in [0.2, 0.25) is 5.78 Å². The lowest BCUT2D eigenvalue weighted by molar-refractivity contribution is -0.139. The Balaban J connectivity index is 2.79. The zero-order chi connectivity index (χ0) is 12.8. The Bertz CT molecular complexity index is 515. The predicted molar refractivity (Wildman–Crippen MR) is 59.9 cm³/mol. The van der Waals surface area contributed by atoms with Crippen molar-refractivity contribution in [1.29, 1.82) is 5.26 Å². The molecule has 17 heavy (non-hydrogen) atoms. The number of hydrogen-bond acceptors (Lipinski definition) is 4. The van der Waals surface area contributed by atoms with Gasteiger partial charge in [0.1, 0.15) is 6.07 Å². The number of aryl methyl sites for hydroxylation is 1. The fourth-order valence-corrected chi connectivity index (χ4v) is 1.05. The van der Waals surface area contributed by atoms with E-state index in [1.54, 1.807) is 18.2 Å². The summed E-state index contributed by atoms with van der Waals surface area (Å²) in [6.07, 6.45) is 0.875. The molecule has 0 unspecified atom stereocenters. The second kappa shape index (κ2) is 5.47. The monoisotopic (exact) mass is 230 g/mol. The number of nitrogens with one attached hydrogen (secondary N) is 1. The number of carbonyl (C=O) groups is 2. The van der Waals surface area contributed by atoms with Crippen LogP contribution in [0.3, 0.4) is 0 Å². The molecule has 0 atom stereocenters. The van der Waals surface area contributed by atoms with Gasteiger partial charge in [-0.15, -0.1) is 0 Å². The van der Waals surface area contributed by atoms with Crippen LogP contribution in [-0.2, 0) is 9.59 Å². The van der Waals surface area contributed by atoms with E-state index >= 15 is 0 Å². The molecule has 1 aromatic rings. The first-order valence-corrected chi connectivity index (χ1v) is 4.73. The summed E-state index contributed by atoms with van der Waals surface area (Å²) in [6, 6.07) is 6.79. The van der Waals surface area contributed by atoms with Crippen molar-refractivity contribution in [2.45, 2.75) is 6.92 Å². The summed E-state index contributed by atoms with van der Waals surface area (Å²) in [5.74, 6) is -1.56. The topological polar surface area (TPSA) is 79.2 Å². The van der Waals surface area contributed by atoms with Crippen LogP contribution in [0.1, 0.15) is 11.1 Å². The summed E-state index contributed by atoms with van der Waals surface area (Å²) >= 11 is 0. The zero-order valence-electron chi connectivity index (χ0n) is 9.19. The van der Waals surface area contributed by atoms with Gasteiger partial charge in [0.05, 0.1) is 5.56 Å². The van der Waals surface area contributed by atoms with E-state index in [9.17, 15) is 9.59 Å².